The summed E-state index contributed by atoms with van der Waals surface area (Å²) < 4.78 is 1.97. The second-order valence-electron chi connectivity index (χ2n) is 7.15. The van der Waals surface area contributed by atoms with Crippen molar-refractivity contribution >= 4 is 113 Å². The first-order chi connectivity index (χ1) is 15.4. The number of hydrogen-bond acceptors (Lipinski definition) is 6. The first-order valence-corrected chi connectivity index (χ1v) is 12.9. The Labute approximate surface area is 224 Å². The Bertz CT molecular complexity index is 1110. The summed E-state index contributed by atoms with van der Waals surface area (Å²) in [6.45, 7) is 4.75. The van der Waals surface area contributed by atoms with Crippen molar-refractivity contribution in [1.82, 2.24) is 9.97 Å². The van der Waals surface area contributed by atoms with E-state index in [2.05, 4.69) is 42.7 Å². The lowest BCUT2D eigenvalue weighted by Crippen LogP contribution is -2.46. The summed E-state index contributed by atoms with van der Waals surface area (Å²) in [5.74, 6) is 0.786. The molecule has 3 N–H and O–H groups in total. The van der Waals surface area contributed by atoms with E-state index in [9.17, 15) is 0 Å². The van der Waals surface area contributed by atoms with Crippen molar-refractivity contribution in [3.63, 3.8) is 0 Å². The smallest absolute Gasteiger partial charge is 0.225 e. The third-order valence-corrected chi connectivity index (χ3v) is 7.71. The van der Waals surface area contributed by atoms with Crippen LogP contribution in [0.2, 0.25) is 15.7 Å². The first kappa shape index (κ1) is 28.6. The summed E-state index contributed by atoms with van der Waals surface area (Å²) in [4.78, 5) is 9.73. The number of anilines is 1. The molecule has 0 aromatic carbocycles. The largest absolute Gasteiger partial charge is 0.364 e. The molecule has 3 heterocycles. The van der Waals surface area contributed by atoms with Gasteiger partial charge in [-0.1, -0.05) is 30.3 Å². The highest BCUT2D eigenvalue weighted by atomic mass is 79.9. The number of aromatic nitrogens is 2. The number of rotatable bonds is 3. The molecule has 4 nitrogen and oxygen atoms in total. The summed E-state index contributed by atoms with van der Waals surface area (Å²) >= 11 is 12.7. The predicted molar refractivity (Wildman–Crippen MR) is 153 cm³/mol. The fourth-order valence-electron chi connectivity index (χ4n) is 2.89. The zero-order chi connectivity index (χ0) is 25.0. The number of nitrogens with one attached hydrogen (secondary N) is 1. The number of nitrogens with zero attached hydrogens (tertiary/aromatic N) is 2. The molecule has 158 valence electrons. The van der Waals surface area contributed by atoms with Gasteiger partial charge in [-0.3, -0.25) is 0 Å². The number of halogens is 2. The molecule has 1 aliphatic rings. The molecule has 14 heteroatoms. The molecule has 0 saturated heterocycles. The topological polar surface area (TPSA) is 63.8 Å². The van der Waals surface area contributed by atoms with Gasteiger partial charge in [0.2, 0.25) is 5.28 Å². The highest BCUT2D eigenvalue weighted by molar-refractivity contribution is 9.10. The lowest BCUT2D eigenvalue weighted by atomic mass is 9.31. The number of thiophene rings is 2. The van der Waals surface area contributed by atoms with Gasteiger partial charge in [0, 0.05) is 10.3 Å². The standard InChI is InChI=1S/C11H7BrClN3S2.C6H5B6N.C2H6/c12-7-5-18-9-8(7)15-11(13)16-10(9)14-4-6-2-1-3-17-6;7-3-4(8)6(11,12)2(13)1-5(3,9)10;1-2/h1-3,5H,4H2,(H,14,15,16);2H,1,13H2;1-2H3. The Kier molecular flexibility index (Phi) is 10.3. The molecule has 1 unspecified atom stereocenters. The molecule has 1 aliphatic carbocycles. The Hall–Kier alpha value is -0.600. The maximum Gasteiger partial charge on any atom is 0.225 e. The molecule has 3 aromatic heterocycles. The van der Waals surface area contributed by atoms with Gasteiger partial charge in [0.1, 0.15) is 27.0 Å². The fraction of sp³-hybridized carbons (Fsp3) is 0.368. The van der Waals surface area contributed by atoms with E-state index >= 15 is 0 Å². The molecule has 12 radical (unpaired) electrons. The minimum atomic E-state index is -1.33. The maximum absolute atomic E-state index is 5.94. The van der Waals surface area contributed by atoms with Crippen molar-refractivity contribution in [2.24, 2.45) is 5.73 Å². The van der Waals surface area contributed by atoms with Crippen molar-refractivity contribution in [2.75, 3.05) is 5.32 Å². The summed E-state index contributed by atoms with van der Waals surface area (Å²) in [5.41, 5.74) is 6.69. The maximum atomic E-state index is 5.94. The van der Waals surface area contributed by atoms with Crippen molar-refractivity contribution in [2.45, 2.75) is 43.3 Å². The van der Waals surface area contributed by atoms with Crippen LogP contribution in [0.1, 0.15) is 25.1 Å². The van der Waals surface area contributed by atoms with Crippen LogP contribution >= 0.6 is 50.2 Å². The Morgan fingerprint density at radius 1 is 1.18 bits per heavy atom. The quantitative estimate of drug-likeness (QED) is 0.386. The van der Waals surface area contributed by atoms with E-state index in [0.29, 0.717) is 0 Å². The van der Waals surface area contributed by atoms with Gasteiger partial charge >= 0.3 is 0 Å². The van der Waals surface area contributed by atoms with E-state index in [0.717, 1.165) is 27.1 Å². The van der Waals surface area contributed by atoms with Crippen LogP contribution in [-0.4, -0.2) is 63.1 Å². The van der Waals surface area contributed by atoms with E-state index < -0.39 is 16.5 Å². The molecule has 3 aromatic rings. The molecule has 1 atom stereocenters. The highest BCUT2D eigenvalue weighted by Gasteiger charge is 2.38. The normalized spacial score (nSPS) is 18.6. The van der Waals surface area contributed by atoms with Crippen LogP contribution in [-0.2, 0) is 6.54 Å². The predicted octanol–water partition coefficient (Wildman–Crippen LogP) is 3.98. The lowest BCUT2D eigenvalue weighted by Gasteiger charge is -2.48. The molecule has 0 saturated carbocycles. The minimum absolute atomic E-state index is 0.0660. The van der Waals surface area contributed by atoms with Crippen LogP contribution < -0.4 is 11.1 Å². The monoisotopic (exact) mass is 546 g/mol. The van der Waals surface area contributed by atoms with Crippen molar-refractivity contribution in [3.05, 3.63) is 48.5 Å². The molecule has 0 fully saturated rings. The molecular weight excluding hydrogens is 529 g/mol. The van der Waals surface area contributed by atoms with Crippen molar-refractivity contribution in [3.8, 4) is 0 Å². The summed E-state index contributed by atoms with van der Waals surface area (Å²) in [5, 5.41) is 5.07. The molecule has 33 heavy (non-hydrogen) atoms. The van der Waals surface area contributed by atoms with E-state index in [1.165, 1.54) is 4.88 Å². The van der Waals surface area contributed by atoms with Gasteiger partial charge in [-0.05, 0) is 51.4 Å². The van der Waals surface area contributed by atoms with E-state index in [-0.39, 0.29) is 22.6 Å². The molecule has 0 amide bonds. The summed E-state index contributed by atoms with van der Waals surface area (Å²) in [6.07, 6.45) is 0.201. The number of nitrogens with two attached hydrogens (primary N) is 1. The Morgan fingerprint density at radius 3 is 2.45 bits per heavy atom. The number of hydrogen-bond donors (Lipinski definition) is 2. The molecule has 0 aliphatic heterocycles. The van der Waals surface area contributed by atoms with Crippen molar-refractivity contribution < 1.29 is 0 Å². The third-order valence-electron chi connectivity index (χ3n) is 4.78. The highest BCUT2D eigenvalue weighted by Crippen LogP contribution is 2.47. The Morgan fingerprint density at radius 2 is 1.85 bits per heavy atom. The summed E-state index contributed by atoms with van der Waals surface area (Å²) in [7, 11) is 33.8. The van der Waals surface area contributed by atoms with Crippen LogP contribution in [0.4, 0.5) is 5.82 Å². The van der Waals surface area contributed by atoms with Crippen LogP contribution in [0, 0.1) is 0 Å². The van der Waals surface area contributed by atoms with E-state index in [4.69, 9.17) is 64.4 Å². The van der Waals surface area contributed by atoms with Gasteiger partial charge < -0.3 is 11.1 Å². The van der Waals surface area contributed by atoms with Crippen LogP contribution in [0.3, 0.4) is 0 Å². The second-order valence-corrected chi connectivity index (χ2v) is 10.3. The number of allylic oxidation sites excluding steroid dienone is 1. The Balaban J connectivity index is 0.000000228. The van der Waals surface area contributed by atoms with Gasteiger partial charge in [0.05, 0.1) is 47.1 Å². The average molecular weight is 547 g/mol. The van der Waals surface area contributed by atoms with Crippen LogP contribution in [0.25, 0.3) is 10.2 Å². The molecule has 0 bridgehead atoms. The fourth-order valence-corrected chi connectivity index (χ4v) is 5.24. The molecule has 0 spiro atoms. The second kappa shape index (κ2) is 11.9. The van der Waals surface area contributed by atoms with Crippen molar-refractivity contribution in [1.29, 1.82) is 0 Å². The van der Waals surface area contributed by atoms with Gasteiger partial charge in [-0.15, -0.1) is 33.6 Å². The van der Waals surface area contributed by atoms with Crippen LogP contribution in [0.15, 0.2) is 38.3 Å². The first-order valence-electron chi connectivity index (χ1n) is 9.97. The van der Waals surface area contributed by atoms with Crippen LogP contribution in [0.5, 0.6) is 0 Å². The van der Waals surface area contributed by atoms with Gasteiger partial charge in [-0.2, -0.15) is 4.98 Å². The SMILES string of the molecule is CC.Clc1nc(NCc2cccs2)c2scc(Br)c2n1.[B]C1=C([B])C([B])([B])C(N)CC1([B])[B]. The average Bonchev–Trinajstić information content (AvgIpc) is 3.42. The third kappa shape index (κ3) is 6.75. The molecule has 4 rings (SSSR count). The zero-order valence-corrected chi connectivity index (χ0v) is 22.3. The van der Waals surface area contributed by atoms with Gasteiger partial charge in [0.25, 0.3) is 0 Å². The lowest BCUT2D eigenvalue weighted by molar-refractivity contribution is 0.539. The van der Waals surface area contributed by atoms with Gasteiger partial charge in [0.15, 0.2) is 0 Å². The van der Waals surface area contributed by atoms with Gasteiger partial charge in [-0.25, -0.2) is 4.98 Å². The summed E-state index contributed by atoms with van der Waals surface area (Å²) in [6, 6.07) is 3.52. The molecular formula is C19H18B6BrClN4S2. The number of fused-ring (bicyclic) bond motifs is 1. The minimum Gasteiger partial charge on any atom is -0.364 e. The van der Waals surface area contributed by atoms with E-state index in [1.54, 1.807) is 22.7 Å². The zero-order valence-electron chi connectivity index (χ0n) is 18.3. The van der Waals surface area contributed by atoms with E-state index in [1.807, 2.05) is 25.3 Å².